The van der Waals surface area contributed by atoms with Gasteiger partial charge in [0.2, 0.25) is 0 Å². The van der Waals surface area contributed by atoms with Crippen LogP contribution in [-0.2, 0) is 19.4 Å². The van der Waals surface area contributed by atoms with Gasteiger partial charge in [-0.25, -0.2) is 0 Å². The van der Waals surface area contributed by atoms with E-state index in [0.29, 0.717) is 0 Å². The average Bonchev–Trinajstić information content (AvgIpc) is 3.18. The van der Waals surface area contributed by atoms with E-state index in [2.05, 4.69) is 85.5 Å². The van der Waals surface area contributed by atoms with Gasteiger partial charge < -0.3 is 5.11 Å². The van der Waals surface area contributed by atoms with Gasteiger partial charge in [0.15, 0.2) is 0 Å². The van der Waals surface area contributed by atoms with Gasteiger partial charge in [-0.15, -0.1) is 0 Å². The van der Waals surface area contributed by atoms with Gasteiger partial charge in [0.25, 0.3) is 0 Å². The Morgan fingerprint density at radius 3 is 2.00 bits per heavy atom. The van der Waals surface area contributed by atoms with Crippen LogP contribution < -0.4 is 0 Å². The van der Waals surface area contributed by atoms with Crippen molar-refractivity contribution in [2.45, 2.75) is 45.8 Å². The van der Waals surface area contributed by atoms with Crippen LogP contribution in [0.25, 0.3) is 22.3 Å². The molecule has 2 nitrogen and oxygen atoms in total. The highest BCUT2D eigenvalue weighted by Gasteiger charge is 2.23. The Bertz CT molecular complexity index is 978. The summed E-state index contributed by atoms with van der Waals surface area (Å²) in [5, 5.41) is 10.0. The Labute approximate surface area is 174 Å². The van der Waals surface area contributed by atoms with Crippen molar-refractivity contribution in [1.82, 2.24) is 4.90 Å². The van der Waals surface area contributed by atoms with Crippen molar-refractivity contribution < 1.29 is 5.11 Å². The molecule has 0 aromatic heterocycles. The fourth-order valence-electron chi connectivity index (χ4n) is 4.63. The van der Waals surface area contributed by atoms with E-state index in [0.717, 1.165) is 38.9 Å². The quantitative estimate of drug-likeness (QED) is 0.587. The lowest BCUT2D eigenvalue weighted by atomic mass is 9.85. The van der Waals surface area contributed by atoms with E-state index < -0.39 is 0 Å². The minimum absolute atomic E-state index is 0.189. The topological polar surface area (TPSA) is 23.5 Å². The molecular formula is C27H31NO. The van der Waals surface area contributed by atoms with E-state index in [9.17, 15) is 5.11 Å². The SMILES string of the molecule is CCc1ccccc1-c1cccc(CN2CCC(O)C2)c1-c1ccccc1CC. The second kappa shape index (κ2) is 8.94. The van der Waals surface area contributed by atoms with E-state index >= 15 is 0 Å². The maximum absolute atomic E-state index is 10.0. The second-order valence-electron chi connectivity index (χ2n) is 8.04. The summed E-state index contributed by atoms with van der Waals surface area (Å²) >= 11 is 0. The molecule has 1 unspecified atom stereocenters. The average molecular weight is 386 g/mol. The third kappa shape index (κ3) is 4.14. The number of aliphatic hydroxyl groups is 1. The number of nitrogens with zero attached hydrogens (tertiary/aromatic N) is 1. The van der Waals surface area contributed by atoms with Gasteiger partial charge in [-0.3, -0.25) is 4.90 Å². The van der Waals surface area contributed by atoms with Crippen LogP contribution in [0.4, 0.5) is 0 Å². The highest BCUT2D eigenvalue weighted by atomic mass is 16.3. The Morgan fingerprint density at radius 1 is 0.759 bits per heavy atom. The monoisotopic (exact) mass is 385 g/mol. The number of hydrogen-bond acceptors (Lipinski definition) is 2. The molecule has 1 atom stereocenters. The first kappa shape index (κ1) is 19.9. The number of aliphatic hydroxyl groups excluding tert-OH is 1. The molecule has 29 heavy (non-hydrogen) atoms. The summed E-state index contributed by atoms with van der Waals surface area (Å²) in [7, 11) is 0. The molecule has 1 saturated heterocycles. The summed E-state index contributed by atoms with van der Waals surface area (Å²) in [6, 6.07) is 24.3. The summed E-state index contributed by atoms with van der Waals surface area (Å²) in [5.74, 6) is 0. The van der Waals surface area contributed by atoms with E-state index in [1.54, 1.807) is 0 Å². The molecule has 3 aromatic rings. The molecule has 1 fully saturated rings. The highest BCUT2D eigenvalue weighted by molar-refractivity contribution is 5.88. The standard InChI is InChI=1S/C27H31NO/c1-3-20-10-5-7-13-24(20)26-15-9-12-22(18-28-17-16-23(29)19-28)27(26)25-14-8-6-11-21(25)4-2/h5-15,23,29H,3-4,16-19H2,1-2H3. The van der Waals surface area contributed by atoms with Crippen molar-refractivity contribution in [3.05, 3.63) is 83.4 Å². The molecule has 2 heteroatoms. The summed E-state index contributed by atoms with van der Waals surface area (Å²) in [5.41, 5.74) is 9.47. The van der Waals surface area contributed by atoms with E-state index in [1.165, 1.54) is 38.9 Å². The van der Waals surface area contributed by atoms with Gasteiger partial charge >= 0.3 is 0 Å². The highest BCUT2D eigenvalue weighted by Crippen LogP contribution is 2.39. The first-order valence-electron chi connectivity index (χ1n) is 10.9. The van der Waals surface area contributed by atoms with Crippen molar-refractivity contribution in [3.8, 4) is 22.3 Å². The zero-order valence-corrected chi connectivity index (χ0v) is 17.6. The normalized spacial score (nSPS) is 17.0. The van der Waals surface area contributed by atoms with Crippen molar-refractivity contribution in [1.29, 1.82) is 0 Å². The van der Waals surface area contributed by atoms with Crippen LogP contribution in [0.2, 0.25) is 0 Å². The van der Waals surface area contributed by atoms with Crippen LogP contribution in [0.1, 0.15) is 37.0 Å². The molecule has 0 radical (unpaired) electrons. The molecule has 0 bridgehead atoms. The minimum atomic E-state index is -0.189. The zero-order chi connectivity index (χ0) is 20.2. The fourth-order valence-corrected chi connectivity index (χ4v) is 4.63. The van der Waals surface area contributed by atoms with Crippen LogP contribution in [0, 0.1) is 0 Å². The van der Waals surface area contributed by atoms with Crippen LogP contribution in [0.3, 0.4) is 0 Å². The van der Waals surface area contributed by atoms with Crippen molar-refractivity contribution in [3.63, 3.8) is 0 Å². The number of aryl methyl sites for hydroxylation is 2. The number of rotatable bonds is 6. The maximum Gasteiger partial charge on any atom is 0.0679 e. The molecule has 1 aliphatic heterocycles. The lowest BCUT2D eigenvalue weighted by Crippen LogP contribution is -2.22. The Morgan fingerprint density at radius 2 is 1.34 bits per heavy atom. The summed E-state index contributed by atoms with van der Waals surface area (Å²) in [6.07, 6.45) is 2.72. The molecule has 0 saturated carbocycles. The lowest BCUT2D eigenvalue weighted by Gasteiger charge is -2.23. The Kier molecular flexibility index (Phi) is 6.13. The minimum Gasteiger partial charge on any atom is -0.392 e. The van der Waals surface area contributed by atoms with Crippen LogP contribution >= 0.6 is 0 Å². The Hall–Kier alpha value is -2.42. The van der Waals surface area contributed by atoms with Gasteiger partial charge in [-0.05, 0) is 58.2 Å². The van der Waals surface area contributed by atoms with Crippen molar-refractivity contribution in [2.24, 2.45) is 0 Å². The van der Waals surface area contributed by atoms with Crippen LogP contribution in [-0.4, -0.2) is 29.2 Å². The van der Waals surface area contributed by atoms with E-state index in [-0.39, 0.29) is 6.10 Å². The molecule has 0 aliphatic carbocycles. The molecule has 150 valence electrons. The fraction of sp³-hybridized carbons (Fsp3) is 0.333. The lowest BCUT2D eigenvalue weighted by molar-refractivity contribution is 0.175. The van der Waals surface area contributed by atoms with Gasteiger partial charge in [-0.1, -0.05) is 80.6 Å². The van der Waals surface area contributed by atoms with E-state index in [1.807, 2.05) is 0 Å². The Balaban J connectivity index is 1.90. The molecular weight excluding hydrogens is 354 g/mol. The zero-order valence-electron chi connectivity index (χ0n) is 17.6. The predicted octanol–water partition coefficient (Wildman–Crippen LogP) is 5.71. The van der Waals surface area contributed by atoms with Crippen molar-refractivity contribution in [2.75, 3.05) is 13.1 Å². The molecule has 3 aromatic carbocycles. The van der Waals surface area contributed by atoms with E-state index in [4.69, 9.17) is 0 Å². The molecule has 0 amide bonds. The largest absolute Gasteiger partial charge is 0.392 e. The third-order valence-corrected chi connectivity index (χ3v) is 6.15. The van der Waals surface area contributed by atoms with Gasteiger partial charge in [0, 0.05) is 19.6 Å². The van der Waals surface area contributed by atoms with Gasteiger partial charge in [-0.2, -0.15) is 0 Å². The molecule has 1 aliphatic rings. The number of benzene rings is 3. The number of β-amino-alcohol motifs (C(OH)–C–C–N with tert-alkyl or cyclic N) is 1. The summed E-state index contributed by atoms with van der Waals surface area (Å²) in [4.78, 5) is 2.38. The van der Waals surface area contributed by atoms with Gasteiger partial charge in [0.1, 0.15) is 0 Å². The van der Waals surface area contributed by atoms with Gasteiger partial charge in [0.05, 0.1) is 6.10 Å². The second-order valence-corrected chi connectivity index (χ2v) is 8.04. The third-order valence-electron chi connectivity index (χ3n) is 6.15. The number of likely N-dealkylation sites (tertiary alicyclic amines) is 1. The van der Waals surface area contributed by atoms with Crippen LogP contribution in [0.15, 0.2) is 66.7 Å². The predicted molar refractivity (Wildman–Crippen MR) is 122 cm³/mol. The van der Waals surface area contributed by atoms with Crippen LogP contribution in [0.5, 0.6) is 0 Å². The smallest absolute Gasteiger partial charge is 0.0679 e. The summed E-state index contributed by atoms with van der Waals surface area (Å²) in [6.45, 7) is 7.08. The molecule has 1 heterocycles. The molecule has 0 spiro atoms. The number of hydrogen-bond donors (Lipinski definition) is 1. The molecule has 1 N–H and O–H groups in total. The first-order chi connectivity index (χ1) is 14.2. The summed E-state index contributed by atoms with van der Waals surface area (Å²) < 4.78 is 0. The van der Waals surface area contributed by atoms with Crippen molar-refractivity contribution >= 4 is 0 Å². The maximum atomic E-state index is 10.0. The first-order valence-corrected chi connectivity index (χ1v) is 10.9. The molecule has 4 rings (SSSR count).